The van der Waals surface area contributed by atoms with E-state index in [1.165, 1.54) is 20.9 Å². The van der Waals surface area contributed by atoms with Gasteiger partial charge in [-0.05, 0) is 72.2 Å². The van der Waals surface area contributed by atoms with E-state index in [1.807, 2.05) is 24.3 Å². The molecule has 6 nitrogen and oxygen atoms in total. The van der Waals surface area contributed by atoms with E-state index < -0.39 is 23.6 Å². The van der Waals surface area contributed by atoms with Crippen molar-refractivity contribution in [3.05, 3.63) is 117 Å². The molecule has 0 saturated heterocycles. The van der Waals surface area contributed by atoms with Gasteiger partial charge >= 0.3 is 0 Å². The Morgan fingerprint density at radius 1 is 0.475 bits per heavy atom. The van der Waals surface area contributed by atoms with Gasteiger partial charge in [0.2, 0.25) is 0 Å². The molecule has 0 N–H and O–H groups in total. The molecule has 4 amide bonds. The minimum atomic E-state index is -0.397. The van der Waals surface area contributed by atoms with Crippen molar-refractivity contribution < 1.29 is 19.2 Å². The fraction of sp³-hybridized carbons (Fsp3) is 0.235. The van der Waals surface area contributed by atoms with Crippen LogP contribution in [0.2, 0.25) is 0 Å². The van der Waals surface area contributed by atoms with E-state index in [0.717, 1.165) is 24.0 Å². The number of hydrogen-bond acceptors (Lipinski definition) is 4. The van der Waals surface area contributed by atoms with Gasteiger partial charge in [0.05, 0.1) is 0 Å². The molecule has 0 saturated carbocycles. The van der Waals surface area contributed by atoms with Crippen LogP contribution in [0, 0.1) is 0 Å². The molecule has 0 unspecified atom stereocenters. The van der Waals surface area contributed by atoms with Gasteiger partial charge < -0.3 is 0 Å². The lowest BCUT2D eigenvalue weighted by molar-refractivity contribution is 0.0590. The second-order valence-electron chi connectivity index (χ2n) is 10.4. The number of hydrogen-bond donors (Lipinski definition) is 0. The number of nitrogens with zero attached hydrogens (tertiary/aromatic N) is 2. The monoisotopic (exact) mass is 530 g/mol. The van der Waals surface area contributed by atoms with Crippen molar-refractivity contribution in [2.24, 2.45) is 0 Å². The summed E-state index contributed by atoms with van der Waals surface area (Å²) in [7, 11) is 0. The molecule has 6 rings (SSSR count). The smallest absolute Gasteiger partial charge is 0.261 e. The van der Waals surface area contributed by atoms with Crippen molar-refractivity contribution in [1.82, 2.24) is 9.80 Å². The van der Waals surface area contributed by atoms with E-state index in [1.54, 1.807) is 24.3 Å². The van der Waals surface area contributed by atoms with Gasteiger partial charge in [0.15, 0.2) is 0 Å². The first-order valence-corrected chi connectivity index (χ1v) is 13.9. The summed E-state index contributed by atoms with van der Waals surface area (Å²) in [6.45, 7) is 4.68. The number of carbonyl (C=O) groups is 4. The van der Waals surface area contributed by atoms with Crippen LogP contribution in [0.3, 0.4) is 0 Å². The topological polar surface area (TPSA) is 74.8 Å². The van der Waals surface area contributed by atoms with Gasteiger partial charge in [0.1, 0.15) is 0 Å². The molecule has 0 spiro atoms. The van der Waals surface area contributed by atoms with E-state index >= 15 is 0 Å². The highest BCUT2D eigenvalue weighted by Gasteiger charge is 2.39. The highest BCUT2D eigenvalue weighted by molar-refractivity contribution is 6.33. The van der Waals surface area contributed by atoms with Crippen LogP contribution in [0.15, 0.2) is 72.8 Å². The zero-order valence-corrected chi connectivity index (χ0v) is 22.7. The van der Waals surface area contributed by atoms with Crippen LogP contribution in [0.5, 0.6) is 0 Å². The second-order valence-corrected chi connectivity index (χ2v) is 10.4. The molecule has 0 aliphatic carbocycles. The first-order chi connectivity index (χ1) is 19.4. The highest BCUT2D eigenvalue weighted by atomic mass is 16.2. The number of carbonyl (C=O) groups excluding carboxylic acids is 4. The number of imide groups is 2. The van der Waals surface area contributed by atoms with Gasteiger partial charge in [0.25, 0.3) is 23.6 Å². The third-order valence-corrected chi connectivity index (χ3v) is 8.11. The molecular weight excluding hydrogens is 500 g/mol. The number of aryl methyl sites for hydroxylation is 2. The van der Waals surface area contributed by atoms with E-state index in [0.29, 0.717) is 45.9 Å². The number of benzene rings is 4. The van der Waals surface area contributed by atoms with Crippen LogP contribution in [-0.4, -0.2) is 46.5 Å². The molecule has 200 valence electrons. The summed E-state index contributed by atoms with van der Waals surface area (Å²) in [4.78, 5) is 56.8. The number of rotatable bonds is 8. The van der Waals surface area contributed by atoms with Crippen LogP contribution < -0.4 is 0 Å². The van der Waals surface area contributed by atoms with Gasteiger partial charge in [-0.2, -0.15) is 0 Å². The first kappa shape index (κ1) is 25.7. The fourth-order valence-electron chi connectivity index (χ4n) is 5.87. The Labute approximate surface area is 233 Å². The normalized spacial score (nSPS) is 14.4. The molecule has 2 aliphatic rings. The van der Waals surface area contributed by atoms with Crippen LogP contribution in [0.4, 0.5) is 0 Å². The number of amides is 4. The van der Waals surface area contributed by atoms with Gasteiger partial charge in [-0.25, -0.2) is 0 Å². The lowest BCUT2D eigenvalue weighted by atomic mass is 9.85. The zero-order valence-electron chi connectivity index (χ0n) is 22.7. The molecule has 4 aromatic rings. The zero-order chi connectivity index (χ0) is 28.0. The van der Waals surface area contributed by atoms with E-state index in [-0.39, 0.29) is 13.1 Å². The third-order valence-electron chi connectivity index (χ3n) is 8.11. The molecule has 2 heterocycles. The summed E-state index contributed by atoms with van der Waals surface area (Å²) in [6, 6.07) is 22.8. The summed E-state index contributed by atoms with van der Waals surface area (Å²) in [5.41, 5.74) is 5.94. The Balaban J connectivity index is 1.30. The van der Waals surface area contributed by atoms with Crippen molar-refractivity contribution >= 4 is 34.4 Å². The lowest BCUT2D eigenvalue weighted by Crippen LogP contribution is -2.44. The Morgan fingerprint density at radius 2 is 0.800 bits per heavy atom. The standard InChI is InChI=1S/C34H30N2O4/c1-3-21-7-5-9-23(19-21)15-17-35-31(37)25-11-13-27-30-28(14-12-26(29(25)30)32(35)38)34(40)36(33(27)39)18-16-24-10-6-8-22(4-2)20-24/h5-14,19-20H,3-4,15-18H2,1-2H3. The van der Waals surface area contributed by atoms with E-state index in [2.05, 4.69) is 38.1 Å². The Bertz CT molecular complexity index is 1520. The third kappa shape index (κ3) is 4.20. The molecule has 4 aromatic carbocycles. The van der Waals surface area contributed by atoms with Gasteiger partial charge in [0, 0.05) is 46.1 Å². The quantitative estimate of drug-likeness (QED) is 0.276. The van der Waals surface area contributed by atoms with Gasteiger partial charge in [-0.1, -0.05) is 62.4 Å². The van der Waals surface area contributed by atoms with Gasteiger partial charge in [-0.15, -0.1) is 0 Å². The molecule has 0 atom stereocenters. The summed E-state index contributed by atoms with van der Waals surface area (Å²) >= 11 is 0. The molecule has 0 aromatic heterocycles. The summed E-state index contributed by atoms with van der Waals surface area (Å²) in [5.74, 6) is -1.59. The molecule has 0 fully saturated rings. The summed E-state index contributed by atoms with van der Waals surface area (Å²) in [5, 5.41) is 0.817. The highest BCUT2D eigenvalue weighted by Crippen LogP contribution is 2.38. The summed E-state index contributed by atoms with van der Waals surface area (Å²) < 4.78 is 0. The van der Waals surface area contributed by atoms with Crippen LogP contribution in [0.25, 0.3) is 10.8 Å². The predicted molar refractivity (Wildman–Crippen MR) is 154 cm³/mol. The van der Waals surface area contributed by atoms with E-state index in [9.17, 15) is 19.2 Å². The first-order valence-electron chi connectivity index (χ1n) is 13.9. The fourth-order valence-corrected chi connectivity index (χ4v) is 5.87. The predicted octanol–water partition coefficient (Wildman–Crippen LogP) is 5.64. The minimum absolute atomic E-state index is 0.250. The van der Waals surface area contributed by atoms with Crippen LogP contribution in [-0.2, 0) is 25.7 Å². The average Bonchev–Trinajstić information content (AvgIpc) is 2.98. The average molecular weight is 531 g/mol. The minimum Gasteiger partial charge on any atom is -0.274 e. The summed E-state index contributed by atoms with van der Waals surface area (Å²) in [6.07, 6.45) is 2.92. The maximum atomic E-state index is 13.6. The second kappa shape index (κ2) is 10.2. The lowest BCUT2D eigenvalue weighted by Gasteiger charge is -2.32. The Kier molecular flexibility index (Phi) is 6.54. The van der Waals surface area contributed by atoms with Crippen molar-refractivity contribution in [3.63, 3.8) is 0 Å². The van der Waals surface area contributed by atoms with Crippen molar-refractivity contribution in [1.29, 1.82) is 0 Å². The van der Waals surface area contributed by atoms with Gasteiger partial charge in [-0.3, -0.25) is 29.0 Å². The van der Waals surface area contributed by atoms with Crippen LogP contribution >= 0.6 is 0 Å². The largest absolute Gasteiger partial charge is 0.274 e. The van der Waals surface area contributed by atoms with E-state index in [4.69, 9.17) is 0 Å². The van der Waals surface area contributed by atoms with Crippen molar-refractivity contribution in [3.8, 4) is 0 Å². The molecule has 0 radical (unpaired) electrons. The van der Waals surface area contributed by atoms with Crippen molar-refractivity contribution in [2.75, 3.05) is 13.1 Å². The van der Waals surface area contributed by atoms with Crippen molar-refractivity contribution in [2.45, 2.75) is 39.5 Å². The molecule has 6 heteroatoms. The maximum absolute atomic E-state index is 13.6. The molecule has 0 bridgehead atoms. The Hall–Kier alpha value is -4.58. The molecule has 40 heavy (non-hydrogen) atoms. The molecule has 2 aliphatic heterocycles. The maximum Gasteiger partial charge on any atom is 0.261 e. The Morgan fingerprint density at radius 3 is 1.12 bits per heavy atom. The SMILES string of the molecule is CCc1cccc(CCN2C(=O)c3ccc4c5c(ccc(c35)C2=O)C(=O)N(CCc2cccc(CC)c2)C4=O)c1. The van der Waals surface area contributed by atoms with Crippen LogP contribution in [0.1, 0.15) is 77.5 Å². The molecular formula is C34H30N2O4.